The molecule has 1 aliphatic heterocycles. The van der Waals surface area contributed by atoms with E-state index in [9.17, 15) is 4.79 Å². The summed E-state index contributed by atoms with van der Waals surface area (Å²) in [6.45, 7) is 1.23. The van der Waals surface area contributed by atoms with Crippen LogP contribution in [0.3, 0.4) is 0 Å². The molecule has 0 aliphatic carbocycles. The molecule has 1 unspecified atom stereocenters. The highest BCUT2D eigenvalue weighted by molar-refractivity contribution is 5.91. The zero-order valence-corrected chi connectivity index (χ0v) is 12.8. The molecule has 3 aromatic heterocycles. The van der Waals surface area contributed by atoms with Crippen LogP contribution in [0.4, 0.5) is 0 Å². The molecule has 1 fully saturated rings. The lowest BCUT2D eigenvalue weighted by Crippen LogP contribution is -2.26. The summed E-state index contributed by atoms with van der Waals surface area (Å²) in [5, 5.41) is 4.02. The van der Waals surface area contributed by atoms with Gasteiger partial charge in [0, 0.05) is 25.1 Å². The van der Waals surface area contributed by atoms with E-state index in [4.69, 9.17) is 13.4 Å². The van der Waals surface area contributed by atoms with E-state index in [1.807, 2.05) is 0 Å². The second kappa shape index (κ2) is 6.19. The van der Waals surface area contributed by atoms with Crippen LogP contribution >= 0.6 is 0 Å². The minimum atomic E-state index is -0.0522. The van der Waals surface area contributed by atoms with Crippen LogP contribution in [-0.4, -0.2) is 34.0 Å². The van der Waals surface area contributed by atoms with Crippen LogP contribution in [0.15, 0.2) is 56.2 Å². The van der Waals surface area contributed by atoms with Crippen molar-refractivity contribution in [1.82, 2.24) is 15.0 Å². The number of likely N-dealkylation sites (tertiary alicyclic amines) is 1. The number of rotatable bonds is 4. The Bertz CT molecular complexity index is 833. The Morgan fingerprint density at radius 1 is 1.25 bits per heavy atom. The van der Waals surface area contributed by atoms with Crippen LogP contribution in [0.5, 0.6) is 0 Å². The fourth-order valence-electron chi connectivity index (χ4n) is 2.72. The van der Waals surface area contributed by atoms with Crippen LogP contribution in [-0.2, 0) is 4.79 Å². The molecule has 4 rings (SSSR count). The topological polar surface area (TPSA) is 85.5 Å². The zero-order chi connectivity index (χ0) is 16.4. The fourth-order valence-corrected chi connectivity index (χ4v) is 2.72. The first-order chi connectivity index (χ1) is 11.8. The normalized spacial score (nSPS) is 17.8. The van der Waals surface area contributed by atoms with Gasteiger partial charge in [0.15, 0.2) is 11.6 Å². The number of hydrogen-bond donors (Lipinski definition) is 0. The van der Waals surface area contributed by atoms with Gasteiger partial charge in [-0.25, -0.2) is 0 Å². The largest absolute Gasteiger partial charge is 0.465 e. The smallest absolute Gasteiger partial charge is 0.293 e. The molecule has 0 spiro atoms. The van der Waals surface area contributed by atoms with Gasteiger partial charge in [-0.05, 0) is 36.8 Å². The third kappa shape index (κ3) is 2.88. The highest BCUT2D eigenvalue weighted by atomic mass is 16.5. The van der Waals surface area contributed by atoms with E-state index in [0.29, 0.717) is 36.3 Å². The molecule has 0 aromatic carbocycles. The molecule has 0 bridgehead atoms. The SMILES string of the molecule is O=C(C=Cc1ccco1)N1CCC(c2noc(-c3ccco3)n2)C1. The van der Waals surface area contributed by atoms with Crippen molar-refractivity contribution >= 4 is 12.0 Å². The standard InChI is InChI=1S/C17H15N3O4/c21-15(6-5-13-3-1-9-22-13)20-8-7-12(11-20)16-18-17(24-19-16)14-4-2-10-23-14/h1-6,9-10,12H,7-8,11H2. The van der Waals surface area contributed by atoms with Gasteiger partial charge in [-0.2, -0.15) is 4.98 Å². The first kappa shape index (κ1) is 14.5. The first-order valence-electron chi connectivity index (χ1n) is 7.67. The first-order valence-corrected chi connectivity index (χ1v) is 7.67. The Morgan fingerprint density at radius 2 is 2.12 bits per heavy atom. The Labute approximate surface area is 137 Å². The number of nitrogens with zero attached hydrogens (tertiary/aromatic N) is 3. The van der Waals surface area contributed by atoms with Crippen molar-refractivity contribution in [2.45, 2.75) is 12.3 Å². The van der Waals surface area contributed by atoms with Gasteiger partial charge in [0.05, 0.1) is 12.5 Å². The van der Waals surface area contributed by atoms with Gasteiger partial charge in [-0.3, -0.25) is 4.79 Å². The van der Waals surface area contributed by atoms with Crippen molar-refractivity contribution in [3.8, 4) is 11.7 Å². The Morgan fingerprint density at radius 3 is 2.92 bits per heavy atom. The van der Waals surface area contributed by atoms with Crippen LogP contribution in [0.2, 0.25) is 0 Å². The molecule has 0 saturated carbocycles. The molecule has 1 amide bonds. The molecule has 1 atom stereocenters. The number of amides is 1. The van der Waals surface area contributed by atoms with E-state index < -0.39 is 0 Å². The zero-order valence-electron chi connectivity index (χ0n) is 12.8. The van der Waals surface area contributed by atoms with Gasteiger partial charge in [-0.1, -0.05) is 5.16 Å². The highest BCUT2D eigenvalue weighted by Gasteiger charge is 2.30. The van der Waals surface area contributed by atoms with Crippen molar-refractivity contribution < 1.29 is 18.2 Å². The van der Waals surface area contributed by atoms with Crippen LogP contribution < -0.4 is 0 Å². The molecule has 3 aromatic rings. The van der Waals surface area contributed by atoms with Crippen LogP contribution in [0.25, 0.3) is 17.7 Å². The molecule has 122 valence electrons. The van der Waals surface area contributed by atoms with Crippen molar-refractivity contribution in [3.05, 3.63) is 54.5 Å². The molecular formula is C17H15N3O4. The van der Waals surface area contributed by atoms with Gasteiger partial charge < -0.3 is 18.3 Å². The second-order valence-corrected chi connectivity index (χ2v) is 5.55. The van der Waals surface area contributed by atoms with Crippen molar-refractivity contribution in [2.75, 3.05) is 13.1 Å². The summed E-state index contributed by atoms with van der Waals surface area (Å²) in [6, 6.07) is 7.11. The molecule has 0 radical (unpaired) electrons. The van der Waals surface area contributed by atoms with E-state index in [-0.39, 0.29) is 11.8 Å². The molecule has 1 aliphatic rings. The molecule has 4 heterocycles. The lowest BCUT2D eigenvalue weighted by atomic mass is 10.1. The monoisotopic (exact) mass is 325 g/mol. The van der Waals surface area contributed by atoms with E-state index >= 15 is 0 Å². The average molecular weight is 325 g/mol. The highest BCUT2D eigenvalue weighted by Crippen LogP contribution is 2.27. The quantitative estimate of drug-likeness (QED) is 0.686. The summed E-state index contributed by atoms with van der Waals surface area (Å²) in [6.07, 6.45) is 7.12. The lowest BCUT2D eigenvalue weighted by Gasteiger charge is -2.12. The summed E-state index contributed by atoms with van der Waals surface area (Å²) >= 11 is 0. The van der Waals surface area contributed by atoms with E-state index in [0.717, 1.165) is 6.42 Å². The molecule has 0 N–H and O–H groups in total. The Kier molecular flexibility index (Phi) is 3.74. The lowest BCUT2D eigenvalue weighted by molar-refractivity contribution is -0.125. The number of carbonyl (C=O) groups excluding carboxylic acids is 1. The second-order valence-electron chi connectivity index (χ2n) is 5.55. The summed E-state index contributed by atoms with van der Waals surface area (Å²) in [5.41, 5.74) is 0. The molecule has 7 nitrogen and oxygen atoms in total. The summed E-state index contributed by atoms with van der Waals surface area (Å²) in [5.74, 6) is 2.17. The average Bonchev–Trinajstić information content (AvgIpc) is 3.40. The third-order valence-electron chi connectivity index (χ3n) is 3.97. The van der Waals surface area contributed by atoms with E-state index in [2.05, 4.69) is 10.1 Å². The Hall–Kier alpha value is -3.09. The van der Waals surface area contributed by atoms with Gasteiger partial charge in [0.25, 0.3) is 5.89 Å². The number of aromatic nitrogens is 2. The predicted molar refractivity (Wildman–Crippen MR) is 83.7 cm³/mol. The minimum absolute atomic E-state index is 0.0522. The number of furan rings is 2. The Balaban J connectivity index is 1.40. The molecule has 7 heteroatoms. The van der Waals surface area contributed by atoms with Gasteiger partial charge in [-0.15, -0.1) is 0 Å². The summed E-state index contributed by atoms with van der Waals surface area (Å²) < 4.78 is 15.6. The van der Waals surface area contributed by atoms with Crippen LogP contribution in [0, 0.1) is 0 Å². The van der Waals surface area contributed by atoms with E-state index in [1.165, 1.54) is 6.08 Å². The maximum atomic E-state index is 12.2. The predicted octanol–water partition coefficient (Wildman–Crippen LogP) is 2.95. The molecule has 24 heavy (non-hydrogen) atoms. The maximum absolute atomic E-state index is 12.2. The van der Waals surface area contributed by atoms with Crippen molar-refractivity contribution in [2.24, 2.45) is 0 Å². The summed E-state index contributed by atoms with van der Waals surface area (Å²) in [7, 11) is 0. The van der Waals surface area contributed by atoms with Gasteiger partial charge in [0.2, 0.25) is 5.91 Å². The van der Waals surface area contributed by atoms with Gasteiger partial charge in [0.1, 0.15) is 5.76 Å². The maximum Gasteiger partial charge on any atom is 0.293 e. The third-order valence-corrected chi connectivity index (χ3v) is 3.97. The van der Waals surface area contributed by atoms with E-state index in [1.54, 1.807) is 47.8 Å². The fraction of sp³-hybridized carbons (Fsp3) is 0.235. The number of carbonyl (C=O) groups is 1. The van der Waals surface area contributed by atoms with Crippen LogP contribution in [0.1, 0.15) is 23.9 Å². The molecular weight excluding hydrogens is 310 g/mol. The molecule has 1 saturated heterocycles. The number of hydrogen-bond acceptors (Lipinski definition) is 6. The van der Waals surface area contributed by atoms with Gasteiger partial charge >= 0.3 is 0 Å². The summed E-state index contributed by atoms with van der Waals surface area (Å²) in [4.78, 5) is 18.4. The minimum Gasteiger partial charge on any atom is -0.465 e. The van der Waals surface area contributed by atoms with Crippen molar-refractivity contribution in [1.29, 1.82) is 0 Å². The van der Waals surface area contributed by atoms with Crippen molar-refractivity contribution in [3.63, 3.8) is 0 Å².